The SMILES string of the molecule is O=C(O)NCc1ccc(Nc2ccc(Br)cc2C(F)(F)F)cn1. The first-order chi connectivity index (χ1) is 10.8. The van der Waals surface area contributed by atoms with Gasteiger partial charge in [0.15, 0.2) is 0 Å². The molecule has 1 aromatic heterocycles. The van der Waals surface area contributed by atoms with E-state index in [9.17, 15) is 18.0 Å². The number of nitrogens with zero attached hydrogens (tertiary/aromatic N) is 1. The van der Waals surface area contributed by atoms with Crippen molar-refractivity contribution in [3.8, 4) is 0 Å². The van der Waals surface area contributed by atoms with Gasteiger partial charge in [-0.15, -0.1) is 0 Å². The molecule has 23 heavy (non-hydrogen) atoms. The van der Waals surface area contributed by atoms with Gasteiger partial charge in [0.2, 0.25) is 0 Å². The summed E-state index contributed by atoms with van der Waals surface area (Å²) in [5.41, 5.74) is -0.0934. The monoisotopic (exact) mass is 389 g/mol. The minimum atomic E-state index is -4.50. The zero-order chi connectivity index (χ0) is 17.0. The molecule has 2 aromatic rings. The maximum atomic E-state index is 13.0. The van der Waals surface area contributed by atoms with Crippen LogP contribution in [0, 0.1) is 0 Å². The van der Waals surface area contributed by atoms with E-state index in [-0.39, 0.29) is 12.2 Å². The van der Waals surface area contributed by atoms with Crippen LogP contribution in [0.3, 0.4) is 0 Å². The number of carboxylic acid groups (broad SMARTS) is 1. The molecule has 0 saturated heterocycles. The van der Waals surface area contributed by atoms with Gasteiger partial charge in [-0.2, -0.15) is 13.2 Å². The lowest BCUT2D eigenvalue weighted by Crippen LogP contribution is -2.20. The van der Waals surface area contributed by atoms with E-state index in [1.807, 2.05) is 0 Å². The van der Waals surface area contributed by atoms with E-state index >= 15 is 0 Å². The fraction of sp³-hybridized carbons (Fsp3) is 0.143. The van der Waals surface area contributed by atoms with E-state index < -0.39 is 17.8 Å². The first-order valence-electron chi connectivity index (χ1n) is 6.31. The zero-order valence-corrected chi connectivity index (χ0v) is 13.1. The van der Waals surface area contributed by atoms with Gasteiger partial charge in [-0.3, -0.25) is 4.98 Å². The molecule has 0 radical (unpaired) electrons. The van der Waals surface area contributed by atoms with Gasteiger partial charge in [0.25, 0.3) is 0 Å². The maximum absolute atomic E-state index is 13.0. The summed E-state index contributed by atoms with van der Waals surface area (Å²) in [6.45, 7) is 0.0156. The van der Waals surface area contributed by atoms with Gasteiger partial charge in [-0.25, -0.2) is 4.79 Å². The van der Waals surface area contributed by atoms with Crippen molar-refractivity contribution in [1.29, 1.82) is 0 Å². The highest BCUT2D eigenvalue weighted by molar-refractivity contribution is 9.10. The van der Waals surface area contributed by atoms with Crippen molar-refractivity contribution >= 4 is 33.4 Å². The molecule has 0 saturated carbocycles. The normalized spacial score (nSPS) is 11.1. The van der Waals surface area contributed by atoms with Crippen LogP contribution >= 0.6 is 15.9 Å². The molecule has 0 bridgehead atoms. The molecule has 1 heterocycles. The summed E-state index contributed by atoms with van der Waals surface area (Å²) in [5.74, 6) is 0. The summed E-state index contributed by atoms with van der Waals surface area (Å²) in [4.78, 5) is 14.4. The van der Waals surface area contributed by atoms with E-state index in [1.165, 1.54) is 30.5 Å². The first-order valence-corrected chi connectivity index (χ1v) is 7.10. The van der Waals surface area contributed by atoms with E-state index in [4.69, 9.17) is 5.11 Å². The molecule has 0 fully saturated rings. The Bertz CT molecular complexity index is 705. The minimum Gasteiger partial charge on any atom is -0.465 e. The number of halogens is 4. The Hall–Kier alpha value is -2.29. The van der Waals surface area contributed by atoms with Crippen molar-refractivity contribution in [3.05, 3.63) is 52.3 Å². The third-order valence-electron chi connectivity index (χ3n) is 2.81. The van der Waals surface area contributed by atoms with E-state index in [1.54, 1.807) is 0 Å². The van der Waals surface area contributed by atoms with E-state index in [0.29, 0.717) is 15.9 Å². The van der Waals surface area contributed by atoms with Crippen molar-refractivity contribution in [2.75, 3.05) is 5.32 Å². The van der Waals surface area contributed by atoms with Crippen LogP contribution < -0.4 is 10.6 Å². The summed E-state index contributed by atoms with van der Waals surface area (Å²) in [6.07, 6.45) is -4.34. The number of aromatic nitrogens is 1. The average molecular weight is 390 g/mol. The third-order valence-corrected chi connectivity index (χ3v) is 3.30. The molecule has 5 nitrogen and oxygen atoms in total. The summed E-state index contributed by atoms with van der Waals surface area (Å²) in [6, 6.07) is 6.84. The van der Waals surface area contributed by atoms with Crippen LogP contribution in [0.5, 0.6) is 0 Å². The lowest BCUT2D eigenvalue weighted by molar-refractivity contribution is -0.137. The highest BCUT2D eigenvalue weighted by atomic mass is 79.9. The zero-order valence-electron chi connectivity index (χ0n) is 11.5. The summed E-state index contributed by atoms with van der Waals surface area (Å²) >= 11 is 3.02. The molecule has 0 spiro atoms. The quantitative estimate of drug-likeness (QED) is 0.725. The Morgan fingerprint density at radius 1 is 1.26 bits per heavy atom. The van der Waals surface area contributed by atoms with Crippen molar-refractivity contribution in [2.45, 2.75) is 12.7 Å². The van der Waals surface area contributed by atoms with Crippen molar-refractivity contribution in [2.24, 2.45) is 0 Å². The highest BCUT2D eigenvalue weighted by Crippen LogP contribution is 2.37. The van der Waals surface area contributed by atoms with Crippen LogP contribution in [0.1, 0.15) is 11.3 Å². The minimum absolute atomic E-state index is 0.0156. The van der Waals surface area contributed by atoms with E-state index in [2.05, 4.69) is 31.5 Å². The molecule has 2 rings (SSSR count). The van der Waals surface area contributed by atoms with Crippen LogP contribution in [0.25, 0.3) is 0 Å². The average Bonchev–Trinajstić information content (AvgIpc) is 2.47. The predicted octanol–water partition coefficient (Wildman–Crippen LogP) is 4.37. The number of carbonyl (C=O) groups is 1. The van der Waals surface area contributed by atoms with Gasteiger partial charge in [0, 0.05) is 4.47 Å². The molecular weight excluding hydrogens is 379 g/mol. The van der Waals surface area contributed by atoms with E-state index in [0.717, 1.165) is 6.07 Å². The molecule has 9 heteroatoms. The molecule has 0 atom stereocenters. The van der Waals surface area contributed by atoms with Crippen molar-refractivity contribution in [1.82, 2.24) is 10.3 Å². The fourth-order valence-corrected chi connectivity index (χ4v) is 2.15. The molecule has 0 aliphatic rings. The van der Waals surface area contributed by atoms with Crippen LogP contribution in [0.15, 0.2) is 41.0 Å². The third kappa shape index (κ3) is 4.85. The number of benzene rings is 1. The number of anilines is 2. The van der Waals surface area contributed by atoms with Crippen molar-refractivity contribution in [3.63, 3.8) is 0 Å². The molecule has 1 amide bonds. The van der Waals surface area contributed by atoms with Gasteiger partial charge in [-0.05, 0) is 30.3 Å². The summed E-state index contributed by atoms with van der Waals surface area (Å²) in [7, 11) is 0. The Kier molecular flexibility index (Phi) is 5.09. The summed E-state index contributed by atoms with van der Waals surface area (Å²) < 4.78 is 39.4. The molecule has 3 N–H and O–H groups in total. The molecule has 0 aliphatic carbocycles. The second-order valence-corrected chi connectivity index (χ2v) is 5.43. The largest absolute Gasteiger partial charge is 0.465 e. The number of amides is 1. The van der Waals surface area contributed by atoms with Crippen LogP contribution in [0.2, 0.25) is 0 Å². The Balaban J connectivity index is 2.18. The molecular formula is C14H11BrF3N3O2. The number of nitrogens with one attached hydrogen (secondary N) is 2. The first kappa shape index (κ1) is 17.1. The van der Waals surface area contributed by atoms with Gasteiger partial charge in [-0.1, -0.05) is 15.9 Å². The molecule has 1 aromatic carbocycles. The van der Waals surface area contributed by atoms with Gasteiger partial charge >= 0.3 is 12.3 Å². The summed E-state index contributed by atoms with van der Waals surface area (Å²) in [5, 5.41) is 13.3. The lowest BCUT2D eigenvalue weighted by atomic mass is 10.1. The second-order valence-electron chi connectivity index (χ2n) is 4.51. The lowest BCUT2D eigenvalue weighted by Gasteiger charge is -2.15. The Morgan fingerprint density at radius 2 is 2.00 bits per heavy atom. The molecule has 122 valence electrons. The molecule has 0 unspecified atom stereocenters. The number of hydrogen-bond acceptors (Lipinski definition) is 3. The van der Waals surface area contributed by atoms with Gasteiger partial charge < -0.3 is 15.7 Å². The van der Waals surface area contributed by atoms with Gasteiger partial charge in [0.05, 0.1) is 35.4 Å². The van der Waals surface area contributed by atoms with Crippen LogP contribution in [-0.2, 0) is 12.7 Å². The topological polar surface area (TPSA) is 74.2 Å². The molecule has 0 aliphatic heterocycles. The van der Waals surface area contributed by atoms with Crippen LogP contribution in [0.4, 0.5) is 29.3 Å². The Labute approximate surface area is 137 Å². The standard InChI is InChI=1S/C14H11BrF3N3O2/c15-8-1-4-12(11(5-8)14(16,17)18)21-10-3-2-9(19-7-10)6-20-13(22)23/h1-5,7,20-21H,6H2,(H,22,23). The van der Waals surface area contributed by atoms with Crippen LogP contribution in [-0.4, -0.2) is 16.2 Å². The van der Waals surface area contributed by atoms with Crippen molar-refractivity contribution < 1.29 is 23.1 Å². The number of hydrogen-bond donors (Lipinski definition) is 3. The fourth-order valence-electron chi connectivity index (χ4n) is 1.78. The number of rotatable bonds is 4. The smallest absolute Gasteiger partial charge is 0.418 e. The maximum Gasteiger partial charge on any atom is 0.418 e. The number of pyridine rings is 1. The highest BCUT2D eigenvalue weighted by Gasteiger charge is 2.33. The Morgan fingerprint density at radius 3 is 2.57 bits per heavy atom. The predicted molar refractivity (Wildman–Crippen MR) is 81.5 cm³/mol. The second kappa shape index (κ2) is 6.86. The van der Waals surface area contributed by atoms with Gasteiger partial charge in [0.1, 0.15) is 0 Å². The number of alkyl halides is 3.